The van der Waals surface area contributed by atoms with Gasteiger partial charge >= 0.3 is 0 Å². The van der Waals surface area contributed by atoms with E-state index < -0.39 is 0 Å². The Morgan fingerprint density at radius 2 is 2.04 bits per heavy atom. The molecular weight excluding hydrogens is 292 g/mol. The lowest BCUT2D eigenvalue weighted by Crippen LogP contribution is -2.45. The zero-order chi connectivity index (χ0) is 16.4. The number of nitrogens with zero attached hydrogens (tertiary/aromatic N) is 4. The topological polar surface area (TPSA) is 68.1 Å². The van der Waals surface area contributed by atoms with E-state index in [2.05, 4.69) is 17.2 Å². The minimum atomic E-state index is -0.269. The van der Waals surface area contributed by atoms with Gasteiger partial charge in [0.15, 0.2) is 0 Å². The lowest BCUT2D eigenvalue weighted by molar-refractivity contribution is -0.134. The van der Waals surface area contributed by atoms with E-state index in [1.807, 2.05) is 13.1 Å². The molecule has 6 heteroatoms. The maximum Gasteiger partial charge on any atom is 0.278 e. The van der Waals surface area contributed by atoms with E-state index in [-0.39, 0.29) is 24.1 Å². The molecule has 23 heavy (non-hydrogen) atoms. The van der Waals surface area contributed by atoms with Crippen molar-refractivity contribution in [2.24, 2.45) is 5.92 Å². The van der Waals surface area contributed by atoms with Crippen LogP contribution >= 0.6 is 0 Å². The molecule has 0 spiro atoms. The van der Waals surface area contributed by atoms with Crippen molar-refractivity contribution in [3.63, 3.8) is 0 Å². The Labute approximate surface area is 135 Å². The van der Waals surface area contributed by atoms with Crippen LogP contribution in [-0.2, 0) is 11.3 Å². The molecule has 0 bridgehead atoms. The average molecular weight is 314 g/mol. The molecule has 1 heterocycles. The molecular formula is C17H22N4O2. The van der Waals surface area contributed by atoms with E-state index in [1.54, 1.807) is 23.1 Å². The molecule has 6 nitrogen and oxygen atoms in total. The fourth-order valence-corrected chi connectivity index (χ4v) is 3.42. The van der Waals surface area contributed by atoms with Gasteiger partial charge in [0, 0.05) is 13.1 Å². The molecule has 1 aromatic carbocycles. The van der Waals surface area contributed by atoms with Gasteiger partial charge in [-0.05, 0) is 30.9 Å². The minimum absolute atomic E-state index is 0.0591. The Morgan fingerprint density at radius 3 is 2.83 bits per heavy atom. The van der Waals surface area contributed by atoms with E-state index >= 15 is 0 Å². The van der Waals surface area contributed by atoms with Crippen molar-refractivity contribution >= 4 is 16.8 Å². The number of benzene rings is 1. The summed E-state index contributed by atoms with van der Waals surface area (Å²) >= 11 is 0. The third-order valence-electron chi connectivity index (χ3n) is 4.87. The summed E-state index contributed by atoms with van der Waals surface area (Å²) in [5.41, 5.74) is 0.282. The normalized spacial score (nSPS) is 21.3. The Hall–Kier alpha value is -2.24. The second-order valence-corrected chi connectivity index (χ2v) is 6.40. The quantitative estimate of drug-likeness (QED) is 0.867. The van der Waals surface area contributed by atoms with Gasteiger partial charge in [0.05, 0.1) is 5.39 Å². The van der Waals surface area contributed by atoms with Crippen LogP contribution in [0.4, 0.5) is 0 Å². The van der Waals surface area contributed by atoms with Crippen molar-refractivity contribution in [3.8, 4) is 0 Å². The third-order valence-corrected chi connectivity index (χ3v) is 4.87. The number of carbonyl (C=O) groups excluding carboxylic acids is 1. The van der Waals surface area contributed by atoms with E-state index in [1.165, 1.54) is 6.42 Å². The van der Waals surface area contributed by atoms with E-state index in [0.717, 1.165) is 23.9 Å². The second kappa shape index (κ2) is 6.48. The molecule has 0 N–H and O–H groups in total. The summed E-state index contributed by atoms with van der Waals surface area (Å²) in [5.74, 6) is 0.410. The van der Waals surface area contributed by atoms with Crippen molar-refractivity contribution in [2.45, 2.75) is 45.2 Å². The molecule has 1 fully saturated rings. The van der Waals surface area contributed by atoms with Crippen LogP contribution in [0.5, 0.6) is 0 Å². The van der Waals surface area contributed by atoms with Crippen LogP contribution < -0.4 is 5.56 Å². The molecule has 3 rings (SSSR count). The molecule has 0 radical (unpaired) electrons. The Kier molecular flexibility index (Phi) is 4.41. The molecule has 2 aromatic rings. The Bertz CT molecular complexity index is 771. The maximum atomic E-state index is 12.5. The van der Waals surface area contributed by atoms with Crippen LogP contribution in [-0.4, -0.2) is 38.9 Å². The molecule has 1 aliphatic rings. The highest BCUT2D eigenvalue weighted by Gasteiger charge is 2.28. The van der Waals surface area contributed by atoms with Crippen molar-refractivity contribution in [2.75, 3.05) is 7.05 Å². The van der Waals surface area contributed by atoms with E-state index in [0.29, 0.717) is 16.8 Å². The third kappa shape index (κ3) is 3.11. The van der Waals surface area contributed by atoms with Crippen LogP contribution in [0.15, 0.2) is 29.1 Å². The number of likely N-dealkylation sites (N-methyl/N-ethyl adjacent to an activating group) is 1. The van der Waals surface area contributed by atoms with Crippen molar-refractivity contribution in [1.29, 1.82) is 0 Å². The summed E-state index contributed by atoms with van der Waals surface area (Å²) in [6.07, 6.45) is 4.57. The summed E-state index contributed by atoms with van der Waals surface area (Å²) in [6, 6.07) is 7.30. The van der Waals surface area contributed by atoms with Crippen LogP contribution in [0.1, 0.15) is 32.6 Å². The van der Waals surface area contributed by atoms with E-state index in [4.69, 9.17) is 0 Å². The molecule has 1 saturated carbocycles. The molecule has 0 saturated heterocycles. The molecule has 1 amide bonds. The highest BCUT2D eigenvalue weighted by Crippen LogP contribution is 2.27. The molecule has 0 aliphatic heterocycles. The van der Waals surface area contributed by atoms with Gasteiger partial charge in [0.2, 0.25) is 5.91 Å². The van der Waals surface area contributed by atoms with Crippen molar-refractivity contribution in [3.05, 3.63) is 34.6 Å². The number of aromatic nitrogens is 3. The zero-order valence-electron chi connectivity index (χ0n) is 13.6. The van der Waals surface area contributed by atoms with Gasteiger partial charge in [0.25, 0.3) is 5.56 Å². The fourth-order valence-electron chi connectivity index (χ4n) is 3.42. The Balaban J connectivity index is 1.80. The number of hydrogen-bond acceptors (Lipinski definition) is 4. The SMILES string of the molecule is CC1CCCCC1N(C)C(=O)Cn1nnc2ccccc2c1=O. The summed E-state index contributed by atoms with van der Waals surface area (Å²) < 4.78 is 1.16. The van der Waals surface area contributed by atoms with Gasteiger partial charge in [-0.2, -0.15) is 0 Å². The predicted molar refractivity (Wildman–Crippen MR) is 88.0 cm³/mol. The van der Waals surface area contributed by atoms with Gasteiger partial charge in [-0.1, -0.05) is 37.1 Å². The van der Waals surface area contributed by atoms with Crippen LogP contribution in [0, 0.1) is 5.92 Å². The lowest BCUT2D eigenvalue weighted by atomic mass is 9.85. The number of hydrogen-bond donors (Lipinski definition) is 0. The summed E-state index contributed by atoms with van der Waals surface area (Å²) in [6.45, 7) is 2.13. The number of fused-ring (bicyclic) bond motifs is 1. The van der Waals surface area contributed by atoms with Crippen molar-refractivity contribution in [1.82, 2.24) is 19.9 Å². The standard InChI is InChI=1S/C17H22N4O2/c1-12-7-3-6-10-15(12)20(2)16(22)11-21-17(23)13-8-4-5-9-14(13)18-19-21/h4-5,8-9,12,15H,3,6-7,10-11H2,1-2H3. The number of amides is 1. The lowest BCUT2D eigenvalue weighted by Gasteiger charge is -2.36. The minimum Gasteiger partial charge on any atom is -0.341 e. The molecule has 1 aliphatic carbocycles. The first-order chi connectivity index (χ1) is 11.1. The number of rotatable bonds is 3. The number of carbonyl (C=O) groups is 1. The van der Waals surface area contributed by atoms with Crippen LogP contribution in [0.3, 0.4) is 0 Å². The molecule has 2 atom stereocenters. The molecule has 2 unspecified atom stereocenters. The monoisotopic (exact) mass is 314 g/mol. The zero-order valence-corrected chi connectivity index (χ0v) is 13.6. The highest BCUT2D eigenvalue weighted by molar-refractivity contribution is 5.78. The van der Waals surface area contributed by atoms with E-state index in [9.17, 15) is 9.59 Å². The first kappa shape index (κ1) is 15.6. The predicted octanol–water partition coefficient (Wildman–Crippen LogP) is 1.83. The fraction of sp³-hybridized carbons (Fsp3) is 0.529. The van der Waals surface area contributed by atoms with Gasteiger partial charge in [-0.3, -0.25) is 9.59 Å². The largest absolute Gasteiger partial charge is 0.341 e. The second-order valence-electron chi connectivity index (χ2n) is 6.40. The van der Waals surface area contributed by atoms with Gasteiger partial charge in [-0.25, -0.2) is 4.68 Å². The summed E-state index contributed by atoms with van der Waals surface area (Å²) in [5, 5.41) is 8.41. The van der Waals surface area contributed by atoms with Gasteiger partial charge in [-0.15, -0.1) is 5.10 Å². The highest BCUT2D eigenvalue weighted by atomic mass is 16.2. The first-order valence-electron chi connectivity index (χ1n) is 8.16. The van der Waals surface area contributed by atoms with Crippen LogP contribution in [0.25, 0.3) is 10.9 Å². The summed E-state index contributed by atoms with van der Waals surface area (Å²) in [4.78, 5) is 26.7. The van der Waals surface area contributed by atoms with Crippen molar-refractivity contribution < 1.29 is 4.79 Å². The molecule has 1 aromatic heterocycles. The first-order valence-corrected chi connectivity index (χ1v) is 8.16. The smallest absolute Gasteiger partial charge is 0.278 e. The average Bonchev–Trinajstić information content (AvgIpc) is 2.57. The van der Waals surface area contributed by atoms with Gasteiger partial charge < -0.3 is 4.90 Å². The summed E-state index contributed by atoms with van der Waals surface area (Å²) in [7, 11) is 1.83. The molecule has 122 valence electrons. The Morgan fingerprint density at radius 1 is 1.30 bits per heavy atom. The maximum absolute atomic E-state index is 12.5. The van der Waals surface area contributed by atoms with Gasteiger partial charge in [0.1, 0.15) is 12.1 Å². The van der Waals surface area contributed by atoms with Crippen LogP contribution in [0.2, 0.25) is 0 Å².